The predicted octanol–water partition coefficient (Wildman–Crippen LogP) is 5.07. The van der Waals surface area contributed by atoms with Gasteiger partial charge in [0.1, 0.15) is 11.7 Å². The van der Waals surface area contributed by atoms with Crippen LogP contribution in [0.1, 0.15) is 43.7 Å². The van der Waals surface area contributed by atoms with Crippen molar-refractivity contribution in [2.45, 2.75) is 39.0 Å². The Morgan fingerprint density at radius 2 is 1.91 bits per heavy atom. The van der Waals surface area contributed by atoms with Gasteiger partial charge in [-0.1, -0.05) is 62.9 Å². The van der Waals surface area contributed by atoms with Crippen molar-refractivity contribution in [1.29, 1.82) is 0 Å². The first-order valence-corrected chi connectivity index (χ1v) is 10.9. The van der Waals surface area contributed by atoms with Crippen LogP contribution in [0.2, 0.25) is 0 Å². The number of esters is 1. The summed E-state index contributed by atoms with van der Waals surface area (Å²) in [5.41, 5.74) is 3.26. The van der Waals surface area contributed by atoms with Gasteiger partial charge in [-0.3, -0.25) is 9.59 Å². The van der Waals surface area contributed by atoms with Gasteiger partial charge < -0.3 is 10.1 Å². The van der Waals surface area contributed by atoms with Crippen LogP contribution in [-0.4, -0.2) is 18.4 Å². The molecule has 0 fully saturated rings. The van der Waals surface area contributed by atoms with Gasteiger partial charge in [0, 0.05) is 35.7 Å². The minimum absolute atomic E-state index is 0.0207. The Balaban J connectivity index is 1.66. The summed E-state index contributed by atoms with van der Waals surface area (Å²) in [6, 6.07) is 15.9. The lowest BCUT2D eigenvalue weighted by atomic mass is 9.66. The highest BCUT2D eigenvalue weighted by molar-refractivity contribution is 6.00. The number of nitrogens with one attached hydrogen (secondary N) is 1. The number of carbonyl (C=O) groups excluding carboxylic acids is 2. The molecule has 0 spiro atoms. The van der Waals surface area contributed by atoms with E-state index in [-0.39, 0.29) is 17.8 Å². The summed E-state index contributed by atoms with van der Waals surface area (Å²) in [6.45, 7) is 8.40. The molecule has 0 bridgehead atoms. The van der Waals surface area contributed by atoms with Crippen LogP contribution >= 0.6 is 0 Å². The zero-order valence-electron chi connectivity index (χ0n) is 18.5. The molecule has 0 amide bonds. The molecule has 2 aromatic carbocycles. The smallest absolute Gasteiger partial charge is 0.315 e. The molecule has 2 aromatic rings. The lowest BCUT2D eigenvalue weighted by molar-refractivity contribution is -0.147. The zero-order valence-corrected chi connectivity index (χ0v) is 18.5. The Morgan fingerprint density at radius 3 is 2.62 bits per heavy atom. The molecule has 2 aliphatic rings. The van der Waals surface area contributed by atoms with Crippen molar-refractivity contribution in [3.8, 4) is 0 Å². The van der Waals surface area contributed by atoms with Crippen LogP contribution in [0.15, 0.2) is 78.1 Å². The lowest BCUT2D eigenvalue weighted by Crippen LogP contribution is -2.43. The number of hydrogen-bond donors (Lipinski definition) is 1. The van der Waals surface area contributed by atoms with Crippen LogP contribution in [0.3, 0.4) is 0 Å². The minimum atomic E-state index is -0.809. The van der Waals surface area contributed by atoms with Crippen LogP contribution in [-0.2, 0) is 20.7 Å². The highest BCUT2D eigenvalue weighted by atomic mass is 19.1. The van der Waals surface area contributed by atoms with E-state index in [2.05, 4.69) is 11.9 Å². The summed E-state index contributed by atoms with van der Waals surface area (Å²) in [4.78, 5) is 26.4. The Bertz CT molecular complexity index is 1090. The third-order valence-corrected chi connectivity index (χ3v) is 6.19. The minimum Gasteiger partial charge on any atom is -0.465 e. The van der Waals surface area contributed by atoms with Crippen molar-refractivity contribution in [2.75, 3.05) is 6.61 Å². The number of halogens is 1. The first kappa shape index (κ1) is 22.0. The summed E-state index contributed by atoms with van der Waals surface area (Å²) in [6.07, 6.45) is 1.63. The maximum absolute atomic E-state index is 14.1. The van der Waals surface area contributed by atoms with Crippen LogP contribution in [0.4, 0.5) is 4.39 Å². The van der Waals surface area contributed by atoms with Crippen molar-refractivity contribution in [3.63, 3.8) is 0 Å². The average molecular weight is 434 g/mol. The van der Waals surface area contributed by atoms with Crippen LogP contribution in [0.25, 0.3) is 0 Å². The van der Waals surface area contributed by atoms with Crippen molar-refractivity contribution < 1.29 is 18.7 Å². The van der Waals surface area contributed by atoms with Crippen molar-refractivity contribution >= 4 is 11.8 Å². The van der Waals surface area contributed by atoms with E-state index in [1.807, 2.05) is 44.2 Å². The maximum Gasteiger partial charge on any atom is 0.315 e. The molecule has 5 heteroatoms. The van der Waals surface area contributed by atoms with E-state index in [0.717, 1.165) is 11.3 Å². The summed E-state index contributed by atoms with van der Waals surface area (Å²) in [7, 11) is 0. The number of hydrogen-bond acceptors (Lipinski definition) is 4. The van der Waals surface area contributed by atoms with E-state index < -0.39 is 23.6 Å². The molecule has 0 saturated heterocycles. The number of benzene rings is 2. The number of ketones is 1. The number of rotatable bonds is 5. The zero-order chi connectivity index (χ0) is 22.9. The molecule has 0 aromatic heterocycles. The van der Waals surface area contributed by atoms with Crippen molar-refractivity contribution in [2.24, 2.45) is 11.3 Å². The van der Waals surface area contributed by atoms with Gasteiger partial charge in [-0.05, 0) is 35.1 Å². The monoisotopic (exact) mass is 433 g/mol. The average Bonchev–Trinajstić information content (AvgIpc) is 2.72. The largest absolute Gasteiger partial charge is 0.465 e. The van der Waals surface area contributed by atoms with Crippen molar-refractivity contribution in [3.05, 3.63) is 95.1 Å². The fourth-order valence-electron chi connectivity index (χ4n) is 4.79. The quantitative estimate of drug-likeness (QED) is 0.669. The predicted molar refractivity (Wildman–Crippen MR) is 121 cm³/mol. The highest BCUT2D eigenvalue weighted by Gasteiger charge is 2.46. The first-order valence-electron chi connectivity index (χ1n) is 10.9. The molecule has 2 atom stereocenters. The SMILES string of the molecule is C=C1NC2=C(C(=O)CC(C)(C)C2)C(c2cccc(F)c2)C1C(=O)OCCc1ccccc1. The molecule has 166 valence electrons. The van der Waals surface area contributed by atoms with Gasteiger partial charge in [0.15, 0.2) is 5.78 Å². The summed E-state index contributed by atoms with van der Waals surface area (Å²) in [5.74, 6) is -2.32. The maximum atomic E-state index is 14.1. The normalized spacial score (nSPS) is 22.2. The van der Waals surface area contributed by atoms with E-state index in [0.29, 0.717) is 36.1 Å². The molecule has 4 nitrogen and oxygen atoms in total. The molecule has 1 N–H and O–H groups in total. The van der Waals surface area contributed by atoms with Gasteiger partial charge in [-0.25, -0.2) is 4.39 Å². The van der Waals surface area contributed by atoms with Gasteiger partial charge >= 0.3 is 5.97 Å². The molecule has 1 heterocycles. The topological polar surface area (TPSA) is 55.4 Å². The Labute approximate surface area is 188 Å². The standard InChI is InChI=1S/C27H28FNO3/c1-17-23(26(31)32-13-12-18-8-5-4-6-9-18)24(19-10-7-11-20(28)14-19)25-21(29-17)15-27(2,3)16-22(25)30/h4-11,14,23-24,29H,1,12-13,15-16H2,2-3H3. The molecule has 1 aliphatic heterocycles. The molecule has 0 saturated carbocycles. The Hall–Kier alpha value is -3.21. The number of ether oxygens (including phenoxy) is 1. The van der Waals surface area contributed by atoms with Crippen molar-refractivity contribution in [1.82, 2.24) is 5.32 Å². The van der Waals surface area contributed by atoms with Gasteiger partial charge in [0.2, 0.25) is 0 Å². The van der Waals surface area contributed by atoms with E-state index in [4.69, 9.17) is 4.74 Å². The van der Waals surface area contributed by atoms with E-state index in [1.165, 1.54) is 12.1 Å². The van der Waals surface area contributed by atoms with Crippen LogP contribution in [0, 0.1) is 17.2 Å². The fraction of sp³-hybridized carbons (Fsp3) is 0.333. The highest BCUT2D eigenvalue weighted by Crippen LogP contribution is 2.48. The second-order valence-corrected chi connectivity index (χ2v) is 9.40. The number of carbonyl (C=O) groups is 2. The molecule has 4 rings (SSSR count). The first-order chi connectivity index (χ1) is 15.2. The van der Waals surface area contributed by atoms with E-state index >= 15 is 0 Å². The third-order valence-electron chi connectivity index (χ3n) is 6.19. The summed E-state index contributed by atoms with van der Waals surface area (Å²) < 4.78 is 19.8. The Morgan fingerprint density at radius 1 is 1.16 bits per heavy atom. The molecule has 32 heavy (non-hydrogen) atoms. The molecule has 0 radical (unpaired) electrons. The second kappa shape index (κ2) is 8.73. The van der Waals surface area contributed by atoms with Crippen LogP contribution < -0.4 is 5.32 Å². The van der Waals surface area contributed by atoms with Gasteiger partial charge in [0.25, 0.3) is 0 Å². The van der Waals surface area contributed by atoms with Crippen LogP contribution in [0.5, 0.6) is 0 Å². The van der Waals surface area contributed by atoms with Gasteiger partial charge in [-0.2, -0.15) is 0 Å². The summed E-state index contributed by atoms with van der Waals surface area (Å²) >= 11 is 0. The lowest BCUT2D eigenvalue weighted by Gasteiger charge is -2.42. The van der Waals surface area contributed by atoms with E-state index in [9.17, 15) is 14.0 Å². The number of allylic oxidation sites excluding steroid dienone is 2. The molecular formula is C27H28FNO3. The van der Waals surface area contributed by atoms with Gasteiger partial charge in [-0.15, -0.1) is 0 Å². The fourth-order valence-corrected chi connectivity index (χ4v) is 4.79. The number of Topliss-reactive ketones (excluding diaryl/α,β-unsaturated/α-hetero) is 1. The van der Waals surface area contributed by atoms with E-state index in [1.54, 1.807) is 12.1 Å². The molecule has 1 aliphatic carbocycles. The van der Waals surface area contributed by atoms with Gasteiger partial charge in [0.05, 0.1) is 6.61 Å². The molecule has 2 unspecified atom stereocenters. The molecular weight excluding hydrogens is 405 g/mol. The Kier molecular flexibility index (Phi) is 6.00. The third kappa shape index (κ3) is 4.52. The summed E-state index contributed by atoms with van der Waals surface area (Å²) in [5, 5.41) is 3.23. The second-order valence-electron chi connectivity index (χ2n) is 9.40.